The number of hydrogen-bond donors (Lipinski definition) is 4. The first-order valence-electron chi connectivity index (χ1n) is 9.53. The van der Waals surface area contributed by atoms with Crippen LogP contribution in [0.4, 0.5) is 35.2 Å². The highest BCUT2D eigenvalue weighted by atomic mass is 19.4. The van der Waals surface area contributed by atoms with Crippen LogP contribution in [0.25, 0.3) is 11.4 Å². The average molecular weight is 471 g/mol. The molecule has 0 saturated carbocycles. The summed E-state index contributed by atoms with van der Waals surface area (Å²) in [6.45, 7) is 0. The van der Waals surface area contributed by atoms with Gasteiger partial charge in [0.1, 0.15) is 5.82 Å². The highest BCUT2D eigenvalue weighted by molar-refractivity contribution is 6.01. The van der Waals surface area contributed by atoms with Gasteiger partial charge >= 0.3 is 12.2 Å². The predicted molar refractivity (Wildman–Crippen MR) is 115 cm³/mol. The summed E-state index contributed by atoms with van der Waals surface area (Å²) in [6.07, 6.45) is -0.559. The second-order valence-corrected chi connectivity index (χ2v) is 6.91. The van der Waals surface area contributed by atoms with Crippen LogP contribution in [0, 0.1) is 0 Å². The highest BCUT2D eigenvalue weighted by Gasteiger charge is 2.31. The minimum Gasteiger partial charge on any atom is -0.383 e. The summed E-state index contributed by atoms with van der Waals surface area (Å²) in [6, 6.07) is 8.15. The van der Waals surface area contributed by atoms with Crippen molar-refractivity contribution >= 4 is 29.1 Å². The van der Waals surface area contributed by atoms with E-state index in [1.54, 1.807) is 12.1 Å². The Morgan fingerprint density at radius 3 is 2.38 bits per heavy atom. The fourth-order valence-electron chi connectivity index (χ4n) is 3.14. The lowest BCUT2D eigenvalue weighted by atomic mass is 10.1. The maximum Gasteiger partial charge on any atom is 0.416 e. The quantitative estimate of drug-likeness (QED) is 0.350. The van der Waals surface area contributed by atoms with Crippen LogP contribution in [0.1, 0.15) is 16.2 Å². The lowest BCUT2D eigenvalue weighted by molar-refractivity contribution is -0.137. The molecule has 0 bridgehead atoms. The van der Waals surface area contributed by atoms with E-state index >= 15 is 0 Å². The molecule has 3 amide bonds. The molecule has 0 spiro atoms. The van der Waals surface area contributed by atoms with E-state index in [-0.39, 0.29) is 23.0 Å². The minimum atomic E-state index is -4.61. The molecule has 4 rings (SSSR count). The number of rotatable bonds is 5. The molecule has 11 nitrogen and oxygen atoms in total. The largest absolute Gasteiger partial charge is 0.416 e. The SMILES string of the molecule is NC(=O)c1ncc(N)n1-c1ccc(NC(=O)Nc2cc(C(F)(F)F)ccc2-n2ccnn2)cc1. The number of amides is 3. The highest BCUT2D eigenvalue weighted by Crippen LogP contribution is 2.33. The number of imidazole rings is 1. The van der Waals surface area contributed by atoms with Crippen molar-refractivity contribution in [3.05, 3.63) is 72.4 Å². The van der Waals surface area contributed by atoms with Gasteiger partial charge in [-0.1, -0.05) is 5.21 Å². The molecule has 2 aromatic carbocycles. The van der Waals surface area contributed by atoms with Crippen LogP contribution >= 0.6 is 0 Å². The number of nitrogens with two attached hydrogens (primary N) is 2. The molecule has 0 radical (unpaired) electrons. The van der Waals surface area contributed by atoms with Gasteiger partial charge in [-0.25, -0.2) is 14.5 Å². The van der Waals surface area contributed by atoms with Crippen molar-refractivity contribution in [3.8, 4) is 11.4 Å². The van der Waals surface area contributed by atoms with Gasteiger partial charge in [0.15, 0.2) is 0 Å². The van der Waals surface area contributed by atoms with Crippen LogP contribution in [-0.2, 0) is 6.18 Å². The number of alkyl halides is 3. The summed E-state index contributed by atoms with van der Waals surface area (Å²) in [7, 11) is 0. The number of urea groups is 1. The Morgan fingerprint density at radius 1 is 1.03 bits per heavy atom. The number of anilines is 3. The third-order valence-electron chi connectivity index (χ3n) is 4.63. The molecule has 0 atom stereocenters. The zero-order chi connectivity index (χ0) is 24.5. The van der Waals surface area contributed by atoms with Crippen LogP contribution < -0.4 is 22.1 Å². The average Bonchev–Trinajstić information content (AvgIpc) is 3.44. The number of nitrogens with zero attached hydrogens (tertiary/aromatic N) is 5. The molecule has 0 aliphatic carbocycles. The summed E-state index contributed by atoms with van der Waals surface area (Å²) in [5.74, 6) is -0.666. The zero-order valence-electron chi connectivity index (χ0n) is 17.1. The summed E-state index contributed by atoms with van der Waals surface area (Å²) >= 11 is 0. The smallest absolute Gasteiger partial charge is 0.383 e. The lowest BCUT2D eigenvalue weighted by Crippen LogP contribution is -2.21. The molecule has 14 heteroatoms. The zero-order valence-corrected chi connectivity index (χ0v) is 17.1. The monoisotopic (exact) mass is 471 g/mol. The molecule has 2 heterocycles. The van der Waals surface area contributed by atoms with Crippen LogP contribution in [0.15, 0.2) is 61.1 Å². The number of benzene rings is 2. The number of halogens is 3. The summed E-state index contributed by atoms with van der Waals surface area (Å²) in [4.78, 5) is 27.9. The van der Waals surface area contributed by atoms with Crippen molar-refractivity contribution in [3.63, 3.8) is 0 Å². The fraction of sp³-hybridized carbons (Fsp3) is 0.0500. The van der Waals surface area contributed by atoms with E-state index in [4.69, 9.17) is 11.5 Å². The van der Waals surface area contributed by atoms with Crippen molar-refractivity contribution in [2.75, 3.05) is 16.4 Å². The third kappa shape index (κ3) is 4.50. The van der Waals surface area contributed by atoms with Crippen LogP contribution in [0.3, 0.4) is 0 Å². The van der Waals surface area contributed by atoms with Crippen LogP contribution in [0.2, 0.25) is 0 Å². The van der Waals surface area contributed by atoms with E-state index in [0.717, 1.165) is 12.1 Å². The van der Waals surface area contributed by atoms with Gasteiger partial charge in [-0.2, -0.15) is 13.2 Å². The minimum absolute atomic E-state index is 0.0684. The second-order valence-electron chi connectivity index (χ2n) is 6.91. The molecule has 0 aliphatic heterocycles. The molecule has 174 valence electrons. The Balaban J connectivity index is 1.55. The van der Waals surface area contributed by atoms with Crippen molar-refractivity contribution in [2.24, 2.45) is 5.73 Å². The predicted octanol–water partition coefficient (Wildman–Crippen LogP) is 2.80. The molecular formula is C20H16F3N9O2. The number of nitrogens with one attached hydrogen (secondary N) is 2. The van der Waals surface area contributed by atoms with Crippen LogP contribution in [0.5, 0.6) is 0 Å². The lowest BCUT2D eigenvalue weighted by Gasteiger charge is -2.15. The summed E-state index contributed by atoms with van der Waals surface area (Å²) in [5, 5.41) is 12.3. The molecule has 0 saturated heterocycles. The van der Waals surface area contributed by atoms with E-state index in [1.165, 1.54) is 46.0 Å². The number of hydrogen-bond acceptors (Lipinski definition) is 6. The second kappa shape index (κ2) is 8.57. The van der Waals surface area contributed by atoms with E-state index in [1.807, 2.05) is 0 Å². The van der Waals surface area contributed by atoms with Crippen molar-refractivity contribution in [1.82, 2.24) is 24.5 Å². The molecule has 0 fully saturated rings. The van der Waals surface area contributed by atoms with Gasteiger partial charge in [0.05, 0.1) is 35.5 Å². The maximum atomic E-state index is 13.2. The molecule has 0 aliphatic rings. The van der Waals surface area contributed by atoms with Gasteiger partial charge in [0.2, 0.25) is 5.82 Å². The van der Waals surface area contributed by atoms with Gasteiger partial charge < -0.3 is 22.1 Å². The number of carbonyl (C=O) groups excluding carboxylic acids is 2. The fourth-order valence-corrected chi connectivity index (χ4v) is 3.14. The Labute approximate surface area is 189 Å². The van der Waals surface area contributed by atoms with Gasteiger partial charge in [0.25, 0.3) is 5.91 Å². The van der Waals surface area contributed by atoms with E-state index < -0.39 is 23.7 Å². The van der Waals surface area contributed by atoms with E-state index in [2.05, 4.69) is 25.9 Å². The number of aromatic nitrogens is 5. The molecule has 34 heavy (non-hydrogen) atoms. The molecule has 0 unspecified atom stereocenters. The molecule has 4 aromatic rings. The van der Waals surface area contributed by atoms with E-state index in [0.29, 0.717) is 11.4 Å². The Hall–Kier alpha value is -4.88. The summed E-state index contributed by atoms with van der Waals surface area (Å²) < 4.78 is 42.1. The first kappa shape index (κ1) is 22.3. The normalized spacial score (nSPS) is 11.3. The van der Waals surface area contributed by atoms with Gasteiger partial charge in [-0.05, 0) is 42.5 Å². The maximum absolute atomic E-state index is 13.2. The number of primary amides is 1. The standard InChI is InChI=1S/C20H16F3N9O2/c21-20(22,23)11-1-6-15(31-8-7-27-30-31)14(9-11)29-19(34)28-12-2-4-13(5-3-12)32-16(24)10-26-18(32)17(25)33/h1-10H,24H2,(H2,25,33)(H2,28,29,34). The van der Waals surface area contributed by atoms with Crippen molar-refractivity contribution in [2.45, 2.75) is 6.18 Å². The Bertz CT molecular complexity index is 1350. The Kier molecular flexibility index (Phi) is 5.63. The first-order valence-corrected chi connectivity index (χ1v) is 9.53. The first-order chi connectivity index (χ1) is 16.1. The molecule has 6 N–H and O–H groups in total. The van der Waals surface area contributed by atoms with Crippen molar-refractivity contribution in [1.29, 1.82) is 0 Å². The molecule has 2 aromatic heterocycles. The van der Waals surface area contributed by atoms with Gasteiger partial charge in [0, 0.05) is 11.4 Å². The summed E-state index contributed by atoms with van der Waals surface area (Å²) in [5.41, 5.74) is 11.0. The van der Waals surface area contributed by atoms with E-state index in [9.17, 15) is 22.8 Å². The number of nitrogen functional groups attached to an aromatic ring is 1. The molecular weight excluding hydrogens is 455 g/mol. The number of carbonyl (C=O) groups is 2. The third-order valence-corrected chi connectivity index (χ3v) is 4.63. The van der Waals surface area contributed by atoms with Crippen molar-refractivity contribution < 1.29 is 22.8 Å². The Morgan fingerprint density at radius 2 is 1.76 bits per heavy atom. The van der Waals surface area contributed by atoms with Gasteiger partial charge in [-0.15, -0.1) is 5.10 Å². The van der Waals surface area contributed by atoms with Gasteiger partial charge in [-0.3, -0.25) is 9.36 Å². The van der Waals surface area contributed by atoms with Crippen LogP contribution in [-0.4, -0.2) is 36.5 Å². The topological polar surface area (TPSA) is 159 Å².